The van der Waals surface area contributed by atoms with E-state index >= 15 is 0 Å². The Bertz CT molecular complexity index is 929. The van der Waals surface area contributed by atoms with Crippen molar-refractivity contribution in [1.29, 1.82) is 0 Å². The molecule has 0 saturated heterocycles. The van der Waals surface area contributed by atoms with Gasteiger partial charge in [-0.1, -0.05) is 6.07 Å². The summed E-state index contributed by atoms with van der Waals surface area (Å²) >= 11 is 0. The van der Waals surface area contributed by atoms with Gasteiger partial charge < -0.3 is 18.6 Å². The van der Waals surface area contributed by atoms with Crippen LogP contribution in [0.25, 0.3) is 11.5 Å². The van der Waals surface area contributed by atoms with Crippen LogP contribution in [0.1, 0.15) is 11.3 Å². The Morgan fingerprint density at radius 1 is 1.00 bits per heavy atom. The molecule has 0 aliphatic rings. The largest absolute Gasteiger partial charge is 0.497 e. The number of nitrogens with zero attached hydrogens (tertiary/aromatic N) is 2. The SMILES string of the molecule is COc1ccc(-c2nc(CN(C)Cc3ccc(OC(F)F)c(OC)c3)co2)cc1. The minimum absolute atomic E-state index is 0.00883. The van der Waals surface area contributed by atoms with Crippen molar-refractivity contribution < 1.29 is 27.4 Å². The molecule has 29 heavy (non-hydrogen) atoms. The highest BCUT2D eigenvalue weighted by Gasteiger charge is 2.13. The third-order valence-corrected chi connectivity index (χ3v) is 4.22. The van der Waals surface area contributed by atoms with E-state index in [2.05, 4.69) is 9.72 Å². The zero-order chi connectivity index (χ0) is 20.8. The Morgan fingerprint density at radius 2 is 1.76 bits per heavy atom. The van der Waals surface area contributed by atoms with Gasteiger partial charge >= 0.3 is 6.61 Å². The molecule has 0 spiro atoms. The van der Waals surface area contributed by atoms with E-state index in [9.17, 15) is 8.78 Å². The van der Waals surface area contributed by atoms with Gasteiger partial charge in [0.25, 0.3) is 0 Å². The molecule has 0 unspecified atom stereocenters. The molecule has 2 aromatic carbocycles. The van der Waals surface area contributed by atoms with Gasteiger partial charge in [-0.25, -0.2) is 4.98 Å². The first kappa shape index (κ1) is 20.6. The summed E-state index contributed by atoms with van der Waals surface area (Å²) in [5.74, 6) is 1.57. The van der Waals surface area contributed by atoms with Crippen LogP contribution in [0.15, 0.2) is 53.1 Å². The Balaban J connectivity index is 1.63. The molecule has 0 aliphatic heterocycles. The van der Waals surface area contributed by atoms with Crippen molar-refractivity contribution in [2.24, 2.45) is 0 Å². The number of rotatable bonds is 9. The van der Waals surface area contributed by atoms with E-state index in [-0.39, 0.29) is 11.5 Å². The number of benzene rings is 2. The predicted molar refractivity (Wildman–Crippen MR) is 103 cm³/mol. The molecule has 0 fully saturated rings. The highest BCUT2D eigenvalue weighted by Crippen LogP contribution is 2.30. The van der Waals surface area contributed by atoms with Gasteiger partial charge in [0.1, 0.15) is 12.0 Å². The number of halogens is 2. The standard InChI is InChI=1S/C21H22F2N2O4/c1-25(11-14-4-9-18(29-21(22)23)19(10-14)27-3)12-16-13-28-20(24-16)15-5-7-17(26-2)8-6-15/h4-10,13,21H,11-12H2,1-3H3. The third-order valence-electron chi connectivity index (χ3n) is 4.22. The monoisotopic (exact) mass is 404 g/mol. The summed E-state index contributed by atoms with van der Waals surface area (Å²) in [6.45, 7) is -1.78. The number of aromatic nitrogens is 1. The van der Waals surface area contributed by atoms with Gasteiger partial charge in [-0.3, -0.25) is 4.90 Å². The number of ether oxygens (including phenoxy) is 3. The second-order valence-corrected chi connectivity index (χ2v) is 6.41. The molecule has 8 heteroatoms. The van der Waals surface area contributed by atoms with Crippen molar-refractivity contribution in [3.05, 3.63) is 60.0 Å². The Labute approximate surface area is 167 Å². The van der Waals surface area contributed by atoms with E-state index < -0.39 is 6.61 Å². The molecular weight excluding hydrogens is 382 g/mol. The van der Waals surface area contributed by atoms with Gasteiger partial charge in [0.15, 0.2) is 11.5 Å². The van der Waals surface area contributed by atoms with Gasteiger partial charge in [-0.15, -0.1) is 0 Å². The fraction of sp³-hybridized carbons (Fsp3) is 0.286. The third kappa shape index (κ3) is 5.45. The Hall–Kier alpha value is -3.13. The lowest BCUT2D eigenvalue weighted by Gasteiger charge is -2.17. The van der Waals surface area contributed by atoms with E-state index in [4.69, 9.17) is 13.9 Å². The summed E-state index contributed by atoms with van der Waals surface area (Å²) < 4.78 is 45.2. The molecule has 3 aromatic rings. The Kier molecular flexibility index (Phi) is 6.66. The van der Waals surface area contributed by atoms with Crippen LogP contribution >= 0.6 is 0 Å². The fourth-order valence-corrected chi connectivity index (χ4v) is 2.89. The molecule has 0 amide bonds. The molecular formula is C21H22F2N2O4. The number of methoxy groups -OCH3 is 2. The highest BCUT2D eigenvalue weighted by molar-refractivity contribution is 5.54. The molecule has 1 heterocycles. The predicted octanol–water partition coefficient (Wildman–Crippen LogP) is 4.59. The van der Waals surface area contributed by atoms with Crippen molar-refractivity contribution in [2.75, 3.05) is 21.3 Å². The van der Waals surface area contributed by atoms with Gasteiger partial charge in [0.2, 0.25) is 5.89 Å². The second-order valence-electron chi connectivity index (χ2n) is 6.41. The molecule has 6 nitrogen and oxygen atoms in total. The maximum Gasteiger partial charge on any atom is 0.387 e. The average Bonchev–Trinajstić information content (AvgIpc) is 3.17. The summed E-state index contributed by atoms with van der Waals surface area (Å²) in [5, 5.41) is 0. The van der Waals surface area contributed by atoms with Crippen LogP contribution in [0.2, 0.25) is 0 Å². The molecule has 0 saturated carbocycles. The number of hydrogen-bond acceptors (Lipinski definition) is 6. The van der Waals surface area contributed by atoms with Crippen molar-refractivity contribution in [3.8, 4) is 28.7 Å². The first-order valence-electron chi connectivity index (χ1n) is 8.87. The fourth-order valence-electron chi connectivity index (χ4n) is 2.89. The van der Waals surface area contributed by atoms with Crippen molar-refractivity contribution >= 4 is 0 Å². The maximum absolute atomic E-state index is 12.4. The number of alkyl halides is 2. The second kappa shape index (κ2) is 9.38. The number of hydrogen-bond donors (Lipinski definition) is 0. The average molecular weight is 404 g/mol. The number of oxazole rings is 1. The summed E-state index contributed by atoms with van der Waals surface area (Å²) in [4.78, 5) is 6.55. The van der Waals surface area contributed by atoms with Crippen LogP contribution in [0.3, 0.4) is 0 Å². The van der Waals surface area contributed by atoms with Crippen LogP contribution in [-0.4, -0.2) is 37.8 Å². The first-order chi connectivity index (χ1) is 14.0. The summed E-state index contributed by atoms with van der Waals surface area (Å²) in [7, 11) is 4.96. The van der Waals surface area contributed by atoms with E-state index in [0.717, 1.165) is 22.6 Å². The molecule has 0 radical (unpaired) electrons. The van der Waals surface area contributed by atoms with Crippen molar-refractivity contribution in [3.63, 3.8) is 0 Å². The summed E-state index contributed by atoms with van der Waals surface area (Å²) in [5.41, 5.74) is 2.53. The van der Waals surface area contributed by atoms with Crippen molar-refractivity contribution in [2.45, 2.75) is 19.7 Å². The van der Waals surface area contributed by atoms with Crippen LogP contribution in [0.5, 0.6) is 17.2 Å². The van der Waals surface area contributed by atoms with E-state index in [1.807, 2.05) is 36.2 Å². The molecule has 154 valence electrons. The summed E-state index contributed by atoms with van der Waals surface area (Å²) in [6.07, 6.45) is 1.62. The van der Waals surface area contributed by atoms with Crippen LogP contribution in [-0.2, 0) is 13.1 Å². The van der Waals surface area contributed by atoms with Gasteiger partial charge in [0, 0.05) is 18.7 Å². The molecule has 0 aliphatic carbocycles. The lowest BCUT2D eigenvalue weighted by Crippen LogP contribution is -2.17. The van der Waals surface area contributed by atoms with Crippen molar-refractivity contribution in [1.82, 2.24) is 9.88 Å². The normalized spacial score (nSPS) is 11.1. The minimum atomic E-state index is -2.90. The lowest BCUT2D eigenvalue weighted by molar-refractivity contribution is -0.0512. The molecule has 0 bridgehead atoms. The van der Waals surface area contributed by atoms with Crippen LogP contribution < -0.4 is 14.2 Å². The van der Waals surface area contributed by atoms with Crippen LogP contribution in [0, 0.1) is 0 Å². The molecule has 0 atom stereocenters. The van der Waals surface area contributed by atoms with E-state index in [0.29, 0.717) is 19.0 Å². The first-order valence-corrected chi connectivity index (χ1v) is 8.87. The highest BCUT2D eigenvalue weighted by atomic mass is 19.3. The minimum Gasteiger partial charge on any atom is -0.497 e. The van der Waals surface area contributed by atoms with Gasteiger partial charge in [0.05, 0.1) is 19.9 Å². The van der Waals surface area contributed by atoms with E-state index in [1.165, 1.54) is 13.2 Å². The molecule has 3 rings (SSSR count). The summed E-state index contributed by atoms with van der Waals surface area (Å²) in [6, 6.07) is 12.3. The van der Waals surface area contributed by atoms with Crippen LogP contribution in [0.4, 0.5) is 8.78 Å². The lowest BCUT2D eigenvalue weighted by atomic mass is 10.2. The topological polar surface area (TPSA) is 57.0 Å². The zero-order valence-corrected chi connectivity index (χ0v) is 16.4. The van der Waals surface area contributed by atoms with Gasteiger partial charge in [-0.2, -0.15) is 8.78 Å². The maximum atomic E-state index is 12.4. The quantitative estimate of drug-likeness (QED) is 0.520. The van der Waals surface area contributed by atoms with Gasteiger partial charge in [-0.05, 0) is 49.0 Å². The smallest absolute Gasteiger partial charge is 0.387 e. The zero-order valence-electron chi connectivity index (χ0n) is 16.4. The molecule has 1 aromatic heterocycles. The van der Waals surface area contributed by atoms with E-state index in [1.54, 1.807) is 25.5 Å². The molecule has 0 N–H and O–H groups in total. The Morgan fingerprint density at radius 3 is 2.41 bits per heavy atom.